The topological polar surface area (TPSA) is 102 Å². The number of ketones is 1. The summed E-state index contributed by atoms with van der Waals surface area (Å²) in [4.78, 5) is 49.8. The number of imidazole rings is 1. The van der Waals surface area contributed by atoms with Crippen molar-refractivity contribution in [1.82, 2.24) is 24.8 Å². The van der Waals surface area contributed by atoms with Crippen LogP contribution in [0, 0.1) is 5.82 Å². The van der Waals surface area contributed by atoms with Crippen LogP contribution in [0.15, 0.2) is 36.9 Å². The Hall–Kier alpha value is -3.49. The Morgan fingerprint density at radius 3 is 2.48 bits per heavy atom. The summed E-state index contributed by atoms with van der Waals surface area (Å²) < 4.78 is 14.1. The zero-order chi connectivity index (χ0) is 19.0. The van der Waals surface area contributed by atoms with E-state index in [-0.39, 0.29) is 29.9 Å². The van der Waals surface area contributed by atoms with Gasteiger partial charge in [0.05, 0.1) is 18.1 Å². The van der Waals surface area contributed by atoms with Crippen molar-refractivity contribution in [3.63, 3.8) is 0 Å². The summed E-state index contributed by atoms with van der Waals surface area (Å²) in [5.74, 6) is -2.23. The van der Waals surface area contributed by atoms with Crippen molar-refractivity contribution in [1.29, 1.82) is 0 Å². The molecule has 0 aliphatic carbocycles. The quantitative estimate of drug-likeness (QED) is 0.535. The van der Waals surface area contributed by atoms with Gasteiger partial charge in [-0.1, -0.05) is 6.07 Å². The van der Waals surface area contributed by atoms with Crippen molar-refractivity contribution in [2.24, 2.45) is 0 Å². The lowest BCUT2D eigenvalue weighted by molar-refractivity contribution is -0.127. The molecule has 2 N–H and O–H groups in total. The number of benzene rings is 1. The lowest BCUT2D eigenvalue weighted by atomic mass is 10.1. The van der Waals surface area contributed by atoms with E-state index >= 15 is 0 Å². The van der Waals surface area contributed by atoms with Crippen LogP contribution in [0.3, 0.4) is 0 Å². The Balaban J connectivity index is 1.46. The number of hydrogen-bond donors (Lipinski definition) is 2. The fourth-order valence-electron chi connectivity index (χ4n) is 3.23. The summed E-state index contributed by atoms with van der Waals surface area (Å²) in [7, 11) is 0. The van der Waals surface area contributed by atoms with Crippen LogP contribution < -0.4 is 0 Å². The van der Waals surface area contributed by atoms with E-state index < -0.39 is 17.5 Å². The maximum Gasteiger partial charge on any atom is 0.295 e. The number of halogens is 1. The number of hydrogen-bond acceptors (Lipinski definition) is 4. The number of carbonyl (C=O) groups is 3. The van der Waals surface area contributed by atoms with Crippen LogP contribution in [0.4, 0.5) is 4.39 Å². The summed E-state index contributed by atoms with van der Waals surface area (Å²) in [6.45, 7) is 1.07. The SMILES string of the molecule is O=C(C(=O)N1CCN(C(=O)c2cnc[nH]2)CC1)c1c[nH]c2cccc(F)c12. The molecule has 138 valence electrons. The van der Waals surface area contributed by atoms with E-state index in [9.17, 15) is 18.8 Å². The molecular formula is C18H16FN5O3. The van der Waals surface area contributed by atoms with Gasteiger partial charge in [-0.3, -0.25) is 14.4 Å². The molecule has 8 nitrogen and oxygen atoms in total. The molecule has 27 heavy (non-hydrogen) atoms. The molecule has 1 saturated heterocycles. The maximum absolute atomic E-state index is 14.1. The first kappa shape index (κ1) is 17.0. The molecule has 9 heteroatoms. The molecule has 3 aromatic rings. The van der Waals surface area contributed by atoms with Crippen LogP contribution in [-0.2, 0) is 4.79 Å². The number of Topliss-reactive ketones (excluding diaryl/α,β-unsaturated/α-hetero) is 1. The molecule has 0 bridgehead atoms. The van der Waals surface area contributed by atoms with Crippen LogP contribution in [0.2, 0.25) is 0 Å². The second-order valence-electron chi connectivity index (χ2n) is 6.24. The number of rotatable bonds is 3. The number of H-pyrrole nitrogens is 2. The van der Waals surface area contributed by atoms with E-state index in [0.29, 0.717) is 24.3 Å². The predicted molar refractivity (Wildman–Crippen MR) is 93.7 cm³/mol. The minimum Gasteiger partial charge on any atom is -0.360 e. The molecular weight excluding hydrogens is 353 g/mol. The molecule has 0 unspecified atom stereocenters. The van der Waals surface area contributed by atoms with Crippen molar-refractivity contribution in [3.8, 4) is 0 Å². The maximum atomic E-state index is 14.1. The summed E-state index contributed by atoms with van der Waals surface area (Å²) >= 11 is 0. The molecule has 2 aromatic heterocycles. The van der Waals surface area contributed by atoms with Crippen molar-refractivity contribution in [3.05, 3.63) is 54.0 Å². The fraction of sp³-hybridized carbons (Fsp3) is 0.222. The minimum absolute atomic E-state index is 0.0177. The number of aromatic nitrogens is 3. The number of aromatic amines is 2. The van der Waals surface area contributed by atoms with Crippen LogP contribution in [0.25, 0.3) is 10.9 Å². The normalized spacial score (nSPS) is 14.6. The van der Waals surface area contributed by atoms with Gasteiger partial charge in [0.15, 0.2) is 0 Å². The van der Waals surface area contributed by atoms with E-state index in [0.717, 1.165) is 0 Å². The second-order valence-corrected chi connectivity index (χ2v) is 6.24. The molecule has 2 amide bonds. The first-order valence-electron chi connectivity index (χ1n) is 8.43. The molecule has 0 atom stereocenters. The highest BCUT2D eigenvalue weighted by atomic mass is 19.1. The van der Waals surface area contributed by atoms with E-state index in [4.69, 9.17) is 0 Å². The highest BCUT2D eigenvalue weighted by Crippen LogP contribution is 2.22. The van der Waals surface area contributed by atoms with Crippen molar-refractivity contribution >= 4 is 28.5 Å². The molecule has 1 aliphatic heterocycles. The Kier molecular flexibility index (Phi) is 4.19. The van der Waals surface area contributed by atoms with Crippen molar-refractivity contribution in [2.75, 3.05) is 26.2 Å². The first-order valence-corrected chi connectivity index (χ1v) is 8.43. The number of piperazine rings is 1. The fourth-order valence-corrected chi connectivity index (χ4v) is 3.23. The number of nitrogens with one attached hydrogen (secondary N) is 2. The Labute approximate surface area is 153 Å². The number of carbonyl (C=O) groups excluding carboxylic acids is 3. The van der Waals surface area contributed by atoms with Crippen LogP contribution >= 0.6 is 0 Å². The van der Waals surface area contributed by atoms with Gasteiger partial charge in [0, 0.05) is 43.3 Å². The van der Waals surface area contributed by atoms with Gasteiger partial charge in [0.25, 0.3) is 17.6 Å². The zero-order valence-corrected chi connectivity index (χ0v) is 14.2. The summed E-state index contributed by atoms with van der Waals surface area (Å²) in [6, 6.07) is 4.41. The second kappa shape index (κ2) is 6.67. The molecule has 4 rings (SSSR count). The highest BCUT2D eigenvalue weighted by Gasteiger charge is 2.30. The lowest BCUT2D eigenvalue weighted by Gasteiger charge is -2.34. The van der Waals surface area contributed by atoms with Crippen molar-refractivity contribution < 1.29 is 18.8 Å². The number of fused-ring (bicyclic) bond motifs is 1. The average molecular weight is 369 g/mol. The van der Waals surface area contributed by atoms with Gasteiger partial charge in [-0.2, -0.15) is 0 Å². The summed E-state index contributed by atoms with van der Waals surface area (Å²) in [5.41, 5.74) is 0.852. The van der Waals surface area contributed by atoms with Crippen LogP contribution in [-0.4, -0.2) is 68.5 Å². The van der Waals surface area contributed by atoms with Gasteiger partial charge < -0.3 is 19.8 Å². The molecule has 0 saturated carbocycles. The van der Waals surface area contributed by atoms with Gasteiger partial charge in [-0.25, -0.2) is 9.37 Å². The largest absolute Gasteiger partial charge is 0.360 e. The number of amides is 2. The van der Waals surface area contributed by atoms with E-state index in [1.165, 1.54) is 35.8 Å². The monoisotopic (exact) mass is 369 g/mol. The molecule has 1 aliphatic rings. The highest BCUT2D eigenvalue weighted by molar-refractivity contribution is 6.44. The molecule has 3 heterocycles. The Morgan fingerprint density at radius 1 is 1.04 bits per heavy atom. The van der Waals surface area contributed by atoms with Gasteiger partial charge in [0.1, 0.15) is 11.5 Å². The Bertz CT molecular complexity index is 1020. The first-order chi connectivity index (χ1) is 13.1. The van der Waals surface area contributed by atoms with E-state index in [2.05, 4.69) is 15.0 Å². The minimum atomic E-state index is -0.764. The zero-order valence-electron chi connectivity index (χ0n) is 14.2. The molecule has 0 spiro atoms. The third-order valence-electron chi connectivity index (χ3n) is 4.68. The van der Waals surface area contributed by atoms with Gasteiger partial charge in [-0.05, 0) is 12.1 Å². The molecule has 1 fully saturated rings. The third-order valence-corrected chi connectivity index (χ3v) is 4.68. The summed E-state index contributed by atoms with van der Waals surface area (Å²) in [6.07, 6.45) is 4.22. The van der Waals surface area contributed by atoms with Crippen LogP contribution in [0.1, 0.15) is 20.8 Å². The third kappa shape index (κ3) is 2.97. The van der Waals surface area contributed by atoms with E-state index in [1.54, 1.807) is 11.0 Å². The Morgan fingerprint density at radius 2 is 1.78 bits per heavy atom. The number of nitrogens with zero attached hydrogens (tertiary/aromatic N) is 3. The van der Waals surface area contributed by atoms with Crippen molar-refractivity contribution in [2.45, 2.75) is 0 Å². The van der Waals surface area contributed by atoms with Gasteiger partial charge in [-0.15, -0.1) is 0 Å². The summed E-state index contributed by atoms with van der Waals surface area (Å²) in [5, 5.41) is 0.115. The van der Waals surface area contributed by atoms with Gasteiger partial charge in [0.2, 0.25) is 0 Å². The average Bonchev–Trinajstić information content (AvgIpc) is 3.37. The molecule has 0 radical (unpaired) electrons. The lowest BCUT2D eigenvalue weighted by Crippen LogP contribution is -2.52. The predicted octanol–water partition coefficient (Wildman–Crippen LogP) is 1.20. The van der Waals surface area contributed by atoms with E-state index in [1.807, 2.05) is 0 Å². The smallest absolute Gasteiger partial charge is 0.295 e. The van der Waals surface area contributed by atoms with Gasteiger partial charge >= 0.3 is 0 Å². The molecule has 1 aromatic carbocycles. The standard InChI is InChI=1S/C18H16FN5O3/c19-12-2-1-3-13-15(12)11(8-21-13)16(25)18(27)24-6-4-23(5-7-24)17(26)14-9-20-10-22-14/h1-3,8-10,21H,4-7H2,(H,20,22). The van der Waals surface area contributed by atoms with Crippen LogP contribution in [0.5, 0.6) is 0 Å².